The van der Waals surface area contributed by atoms with Crippen molar-refractivity contribution in [1.29, 1.82) is 0 Å². The lowest BCUT2D eigenvalue weighted by Crippen LogP contribution is -2.27. The lowest BCUT2D eigenvalue weighted by atomic mass is 9.99. The molecule has 0 radical (unpaired) electrons. The van der Waals surface area contributed by atoms with Crippen LogP contribution in [0.3, 0.4) is 0 Å². The molecule has 0 fully saturated rings. The number of benzene rings is 1. The Bertz CT molecular complexity index is 604. The van der Waals surface area contributed by atoms with Gasteiger partial charge < -0.3 is 4.90 Å². The van der Waals surface area contributed by atoms with Crippen LogP contribution in [0.1, 0.15) is 36.6 Å². The average molecular weight is 268 g/mol. The van der Waals surface area contributed by atoms with Crippen LogP contribution in [0, 0.1) is 6.92 Å². The summed E-state index contributed by atoms with van der Waals surface area (Å²) in [6, 6.07) is 8.55. The average Bonchev–Trinajstić information content (AvgIpc) is 2.68. The van der Waals surface area contributed by atoms with Crippen LogP contribution in [0.5, 0.6) is 0 Å². The van der Waals surface area contributed by atoms with E-state index in [9.17, 15) is 0 Å². The van der Waals surface area contributed by atoms with Crippen LogP contribution in [0.4, 0.5) is 0 Å². The van der Waals surface area contributed by atoms with Crippen LogP contribution in [-0.4, -0.2) is 29.5 Å². The van der Waals surface area contributed by atoms with Gasteiger partial charge in [0.2, 0.25) is 0 Å². The van der Waals surface area contributed by atoms with E-state index in [-0.39, 0.29) is 0 Å². The van der Waals surface area contributed by atoms with Crippen molar-refractivity contribution in [3.8, 4) is 0 Å². The zero-order valence-electron chi connectivity index (χ0n) is 12.7. The first-order chi connectivity index (χ1) is 9.79. The molecule has 1 aromatic heterocycles. The molecule has 2 heterocycles. The summed E-state index contributed by atoms with van der Waals surface area (Å²) in [6.07, 6.45) is 4.85. The Hall–Kier alpha value is -1.41. The van der Waals surface area contributed by atoms with Gasteiger partial charge in [-0.05, 0) is 43.5 Å². The molecule has 0 bridgehead atoms. The van der Waals surface area contributed by atoms with E-state index in [1.165, 1.54) is 48.1 Å². The normalized spacial score (nSPS) is 16.1. The predicted octanol–water partition coefficient (Wildman–Crippen LogP) is 3.74. The molecule has 1 aromatic carbocycles. The summed E-state index contributed by atoms with van der Waals surface area (Å²) in [5.74, 6) is 0. The zero-order chi connectivity index (χ0) is 13.9. The molecule has 3 rings (SSSR count). The number of rotatable bonds is 3. The second-order valence-electron chi connectivity index (χ2n) is 5.87. The van der Waals surface area contributed by atoms with Crippen molar-refractivity contribution in [3.63, 3.8) is 0 Å². The molecule has 1 aliphatic rings. The topological polar surface area (TPSA) is 16.1 Å². The summed E-state index contributed by atoms with van der Waals surface area (Å²) in [4.78, 5) is 7.53. The van der Waals surface area contributed by atoms with E-state index in [1.54, 1.807) is 0 Å². The maximum Gasteiger partial charge on any atom is 0.0708 e. The molecule has 2 aromatic rings. The first-order valence-electron chi connectivity index (χ1n) is 7.89. The third-order valence-electron chi connectivity index (χ3n) is 4.54. The molecule has 0 amide bonds. The van der Waals surface area contributed by atoms with Crippen LogP contribution in [-0.2, 0) is 12.8 Å². The molecule has 0 aliphatic carbocycles. The lowest BCUT2D eigenvalue weighted by Gasteiger charge is -2.18. The highest BCUT2D eigenvalue weighted by atomic mass is 15.1. The van der Waals surface area contributed by atoms with Gasteiger partial charge in [-0.15, -0.1) is 0 Å². The van der Waals surface area contributed by atoms with Gasteiger partial charge in [0.05, 0.1) is 5.52 Å². The molecule has 0 spiro atoms. The minimum Gasteiger partial charge on any atom is -0.303 e. The van der Waals surface area contributed by atoms with Gasteiger partial charge in [-0.2, -0.15) is 0 Å². The molecular formula is C18H24N2. The standard InChI is InChI=1S/C18H24N2/c1-3-4-11-20-12-9-16-14(2)15-7-5-6-8-17(15)19-18(16)10-13-20/h5-8H,3-4,9-13H2,1-2H3. The number of unbranched alkanes of at least 4 members (excludes halogenated alkanes) is 1. The van der Waals surface area contributed by atoms with E-state index in [0.29, 0.717) is 0 Å². The van der Waals surface area contributed by atoms with Crippen molar-refractivity contribution in [3.05, 3.63) is 41.1 Å². The van der Waals surface area contributed by atoms with Crippen LogP contribution in [0.25, 0.3) is 10.9 Å². The minimum atomic E-state index is 1.10. The van der Waals surface area contributed by atoms with Crippen molar-refractivity contribution >= 4 is 10.9 Å². The molecule has 2 nitrogen and oxygen atoms in total. The quantitative estimate of drug-likeness (QED) is 0.843. The third-order valence-corrected chi connectivity index (χ3v) is 4.54. The number of nitrogens with zero attached hydrogens (tertiary/aromatic N) is 2. The van der Waals surface area contributed by atoms with Gasteiger partial charge in [0.1, 0.15) is 0 Å². The van der Waals surface area contributed by atoms with Gasteiger partial charge >= 0.3 is 0 Å². The first-order valence-corrected chi connectivity index (χ1v) is 7.89. The molecule has 0 atom stereocenters. The summed E-state index contributed by atoms with van der Waals surface area (Å²) in [5, 5.41) is 1.33. The Morgan fingerprint density at radius 2 is 1.95 bits per heavy atom. The fourth-order valence-corrected chi connectivity index (χ4v) is 3.27. The van der Waals surface area contributed by atoms with E-state index in [1.807, 2.05) is 0 Å². The largest absolute Gasteiger partial charge is 0.303 e. The molecular weight excluding hydrogens is 244 g/mol. The van der Waals surface area contributed by atoms with Crippen LogP contribution < -0.4 is 0 Å². The highest BCUT2D eigenvalue weighted by Gasteiger charge is 2.17. The highest BCUT2D eigenvalue weighted by Crippen LogP contribution is 2.25. The van der Waals surface area contributed by atoms with Crippen LogP contribution >= 0.6 is 0 Å². The molecule has 0 N–H and O–H groups in total. The third kappa shape index (κ3) is 2.57. The SMILES string of the molecule is CCCCN1CCc2nc3ccccc3c(C)c2CC1. The molecule has 1 aliphatic heterocycles. The number of fused-ring (bicyclic) bond motifs is 2. The van der Waals surface area contributed by atoms with Gasteiger partial charge in [0.15, 0.2) is 0 Å². The number of aryl methyl sites for hydroxylation is 1. The molecule has 0 saturated carbocycles. The second-order valence-corrected chi connectivity index (χ2v) is 5.87. The Kier molecular flexibility index (Phi) is 4.02. The van der Waals surface area contributed by atoms with E-state index >= 15 is 0 Å². The summed E-state index contributed by atoms with van der Waals surface area (Å²) in [6.45, 7) is 8.13. The number of aromatic nitrogens is 1. The Labute approximate surface area is 121 Å². The van der Waals surface area contributed by atoms with Gasteiger partial charge in [0.25, 0.3) is 0 Å². The predicted molar refractivity (Wildman–Crippen MR) is 85.2 cm³/mol. The fraction of sp³-hybridized carbons (Fsp3) is 0.500. The monoisotopic (exact) mass is 268 g/mol. The maximum absolute atomic E-state index is 4.92. The summed E-state index contributed by atoms with van der Waals surface area (Å²) in [7, 11) is 0. The molecule has 0 saturated heterocycles. The molecule has 2 heteroatoms. The van der Waals surface area contributed by atoms with Gasteiger partial charge in [-0.3, -0.25) is 4.98 Å². The number of pyridine rings is 1. The number of hydrogen-bond acceptors (Lipinski definition) is 2. The zero-order valence-corrected chi connectivity index (χ0v) is 12.7. The second kappa shape index (κ2) is 5.92. The van der Waals surface area contributed by atoms with Crippen LogP contribution in [0.15, 0.2) is 24.3 Å². The van der Waals surface area contributed by atoms with Gasteiger partial charge in [0, 0.05) is 30.6 Å². The minimum absolute atomic E-state index is 1.10. The fourth-order valence-electron chi connectivity index (χ4n) is 3.27. The van der Waals surface area contributed by atoms with Gasteiger partial charge in [-0.25, -0.2) is 0 Å². The van der Waals surface area contributed by atoms with Crippen LogP contribution in [0.2, 0.25) is 0 Å². The van der Waals surface area contributed by atoms with E-state index in [4.69, 9.17) is 4.98 Å². The van der Waals surface area contributed by atoms with Crippen molar-refractivity contribution in [2.75, 3.05) is 19.6 Å². The lowest BCUT2D eigenvalue weighted by molar-refractivity contribution is 0.282. The summed E-state index contributed by atoms with van der Waals surface area (Å²) < 4.78 is 0. The van der Waals surface area contributed by atoms with Crippen molar-refractivity contribution in [2.24, 2.45) is 0 Å². The Balaban J connectivity index is 1.92. The molecule has 106 valence electrons. The van der Waals surface area contributed by atoms with E-state index in [0.717, 1.165) is 24.9 Å². The van der Waals surface area contributed by atoms with Crippen molar-refractivity contribution in [1.82, 2.24) is 9.88 Å². The number of hydrogen-bond donors (Lipinski definition) is 0. The maximum atomic E-state index is 4.92. The van der Waals surface area contributed by atoms with Gasteiger partial charge in [-0.1, -0.05) is 31.5 Å². The Morgan fingerprint density at radius 3 is 2.80 bits per heavy atom. The molecule has 0 unspecified atom stereocenters. The summed E-state index contributed by atoms with van der Waals surface area (Å²) >= 11 is 0. The van der Waals surface area contributed by atoms with E-state index < -0.39 is 0 Å². The highest BCUT2D eigenvalue weighted by molar-refractivity contribution is 5.83. The van der Waals surface area contributed by atoms with Crippen molar-refractivity contribution < 1.29 is 0 Å². The van der Waals surface area contributed by atoms with E-state index in [2.05, 4.69) is 43.0 Å². The molecule has 20 heavy (non-hydrogen) atoms. The Morgan fingerprint density at radius 1 is 1.15 bits per heavy atom. The number of para-hydroxylation sites is 1. The first kappa shape index (κ1) is 13.6. The summed E-state index contributed by atoms with van der Waals surface area (Å²) in [5.41, 5.74) is 5.44. The van der Waals surface area contributed by atoms with Crippen molar-refractivity contribution in [2.45, 2.75) is 39.5 Å². The smallest absolute Gasteiger partial charge is 0.0708 e.